The smallest absolute Gasteiger partial charge is 0.371 e. The fraction of sp³-hybridized carbons (Fsp3) is 0.364. The van der Waals surface area contributed by atoms with Crippen molar-refractivity contribution in [2.75, 3.05) is 5.75 Å². The van der Waals surface area contributed by atoms with Crippen molar-refractivity contribution in [3.63, 3.8) is 0 Å². The van der Waals surface area contributed by atoms with E-state index in [0.717, 1.165) is 17.7 Å². The van der Waals surface area contributed by atoms with Gasteiger partial charge in [-0.3, -0.25) is 0 Å². The van der Waals surface area contributed by atoms with E-state index in [1.54, 1.807) is 17.8 Å². The molecule has 3 nitrogen and oxygen atoms in total. The number of carboxylic acid groups (broad SMARTS) is 1. The van der Waals surface area contributed by atoms with E-state index in [4.69, 9.17) is 9.52 Å². The number of rotatable bonds is 6. The summed E-state index contributed by atoms with van der Waals surface area (Å²) in [6.45, 7) is 5.81. The highest BCUT2D eigenvalue weighted by Crippen LogP contribution is 2.17. The normalized spacial score (nSPS) is 10.2. The second-order valence-corrected chi connectivity index (χ2v) is 4.44. The largest absolute Gasteiger partial charge is 0.475 e. The lowest BCUT2D eigenvalue weighted by Crippen LogP contribution is -1.91. The Morgan fingerprint density at radius 1 is 1.60 bits per heavy atom. The molecule has 0 aliphatic rings. The SMILES string of the molecule is C=C(C)CCSCc1ccc(C(=O)O)o1. The molecule has 4 heteroatoms. The van der Waals surface area contributed by atoms with Crippen LogP contribution in [0.15, 0.2) is 28.7 Å². The zero-order valence-corrected chi connectivity index (χ0v) is 9.47. The summed E-state index contributed by atoms with van der Waals surface area (Å²) in [6, 6.07) is 3.19. The lowest BCUT2D eigenvalue weighted by atomic mass is 10.3. The predicted octanol–water partition coefficient (Wildman–Crippen LogP) is 3.18. The molecule has 0 amide bonds. The van der Waals surface area contributed by atoms with Gasteiger partial charge in [0.25, 0.3) is 0 Å². The quantitative estimate of drug-likeness (QED) is 0.598. The summed E-state index contributed by atoms with van der Waals surface area (Å²) in [5.41, 5.74) is 1.16. The highest BCUT2D eigenvalue weighted by atomic mass is 32.2. The molecule has 15 heavy (non-hydrogen) atoms. The Bertz CT molecular complexity index is 354. The van der Waals surface area contributed by atoms with Crippen LogP contribution in [0.2, 0.25) is 0 Å². The average Bonchev–Trinajstić information content (AvgIpc) is 2.60. The third-order valence-electron chi connectivity index (χ3n) is 1.79. The van der Waals surface area contributed by atoms with E-state index >= 15 is 0 Å². The predicted molar refractivity (Wildman–Crippen MR) is 61.3 cm³/mol. The third kappa shape index (κ3) is 4.25. The van der Waals surface area contributed by atoms with Crippen molar-refractivity contribution in [3.05, 3.63) is 35.8 Å². The Morgan fingerprint density at radius 3 is 2.87 bits per heavy atom. The molecule has 82 valence electrons. The monoisotopic (exact) mass is 226 g/mol. The van der Waals surface area contributed by atoms with Gasteiger partial charge < -0.3 is 9.52 Å². The second-order valence-electron chi connectivity index (χ2n) is 3.33. The van der Waals surface area contributed by atoms with E-state index in [0.29, 0.717) is 11.5 Å². The fourth-order valence-corrected chi connectivity index (χ4v) is 1.98. The van der Waals surface area contributed by atoms with Crippen molar-refractivity contribution in [2.45, 2.75) is 19.1 Å². The van der Waals surface area contributed by atoms with Crippen molar-refractivity contribution < 1.29 is 14.3 Å². The van der Waals surface area contributed by atoms with E-state index in [9.17, 15) is 4.79 Å². The van der Waals surface area contributed by atoms with Gasteiger partial charge in [0.05, 0.1) is 5.75 Å². The first kappa shape index (κ1) is 11.9. The maximum absolute atomic E-state index is 10.5. The summed E-state index contributed by atoms with van der Waals surface area (Å²) in [7, 11) is 0. The molecule has 1 aromatic rings. The van der Waals surface area contributed by atoms with Crippen LogP contribution in [0.1, 0.15) is 29.7 Å². The van der Waals surface area contributed by atoms with E-state index in [2.05, 4.69) is 6.58 Å². The van der Waals surface area contributed by atoms with Crippen LogP contribution in [0.5, 0.6) is 0 Å². The summed E-state index contributed by atoms with van der Waals surface area (Å²) >= 11 is 1.71. The van der Waals surface area contributed by atoms with Crippen LogP contribution in [0.25, 0.3) is 0 Å². The molecule has 0 atom stereocenters. The molecule has 1 rings (SSSR count). The third-order valence-corrected chi connectivity index (χ3v) is 2.77. The minimum atomic E-state index is -1.02. The van der Waals surface area contributed by atoms with Gasteiger partial charge in [0.2, 0.25) is 5.76 Å². The van der Waals surface area contributed by atoms with Crippen molar-refractivity contribution in [2.24, 2.45) is 0 Å². The first-order chi connectivity index (χ1) is 7.09. The Kier molecular flexibility index (Phi) is 4.49. The Labute approximate surface area is 93.2 Å². The molecular weight excluding hydrogens is 212 g/mol. The summed E-state index contributed by atoms with van der Waals surface area (Å²) in [5, 5.41) is 8.63. The molecule has 0 aromatic carbocycles. The highest BCUT2D eigenvalue weighted by Gasteiger charge is 2.08. The molecule has 0 fully saturated rings. The Hall–Kier alpha value is -1.16. The number of furan rings is 1. The number of thioether (sulfide) groups is 1. The first-order valence-corrected chi connectivity index (χ1v) is 5.79. The zero-order valence-electron chi connectivity index (χ0n) is 8.66. The lowest BCUT2D eigenvalue weighted by molar-refractivity contribution is 0.0661. The van der Waals surface area contributed by atoms with Gasteiger partial charge >= 0.3 is 5.97 Å². The van der Waals surface area contributed by atoms with Crippen LogP contribution >= 0.6 is 11.8 Å². The van der Waals surface area contributed by atoms with Gasteiger partial charge in [-0.15, -0.1) is 6.58 Å². The number of hydrogen-bond donors (Lipinski definition) is 1. The molecule has 0 saturated heterocycles. The maximum Gasteiger partial charge on any atom is 0.371 e. The molecule has 0 saturated carbocycles. The first-order valence-electron chi connectivity index (χ1n) is 4.63. The molecule has 0 aliphatic heterocycles. The zero-order chi connectivity index (χ0) is 11.3. The van der Waals surface area contributed by atoms with Crippen LogP contribution in [0.4, 0.5) is 0 Å². The second kappa shape index (κ2) is 5.66. The van der Waals surface area contributed by atoms with Gasteiger partial charge in [-0.05, 0) is 31.2 Å². The van der Waals surface area contributed by atoms with Gasteiger partial charge in [0.15, 0.2) is 0 Å². The van der Waals surface area contributed by atoms with Crippen LogP contribution in [0.3, 0.4) is 0 Å². The molecular formula is C11H14O3S. The van der Waals surface area contributed by atoms with Crippen LogP contribution in [-0.4, -0.2) is 16.8 Å². The van der Waals surface area contributed by atoms with Gasteiger partial charge in [-0.25, -0.2) is 4.79 Å². The Balaban J connectivity index is 2.31. The van der Waals surface area contributed by atoms with E-state index in [-0.39, 0.29) is 5.76 Å². The van der Waals surface area contributed by atoms with E-state index < -0.39 is 5.97 Å². The van der Waals surface area contributed by atoms with Crippen molar-refractivity contribution >= 4 is 17.7 Å². The minimum Gasteiger partial charge on any atom is -0.475 e. The number of carboxylic acids is 1. The fourth-order valence-electron chi connectivity index (χ4n) is 0.990. The average molecular weight is 226 g/mol. The molecule has 0 spiro atoms. The maximum atomic E-state index is 10.5. The molecule has 1 heterocycles. The van der Waals surface area contributed by atoms with Gasteiger partial charge in [-0.2, -0.15) is 11.8 Å². The summed E-state index contributed by atoms with van der Waals surface area (Å²) < 4.78 is 5.11. The Morgan fingerprint density at radius 2 is 2.33 bits per heavy atom. The summed E-state index contributed by atoms with van der Waals surface area (Å²) in [5.74, 6) is 1.39. The van der Waals surface area contributed by atoms with Crippen LogP contribution < -0.4 is 0 Å². The topological polar surface area (TPSA) is 50.4 Å². The summed E-state index contributed by atoms with van der Waals surface area (Å²) in [4.78, 5) is 10.5. The van der Waals surface area contributed by atoms with Crippen molar-refractivity contribution in [1.29, 1.82) is 0 Å². The number of hydrogen-bond acceptors (Lipinski definition) is 3. The standard InChI is InChI=1S/C11H14O3S/c1-8(2)5-6-15-7-9-3-4-10(14-9)11(12)13/h3-4H,1,5-7H2,2H3,(H,12,13). The van der Waals surface area contributed by atoms with Gasteiger partial charge in [0, 0.05) is 0 Å². The van der Waals surface area contributed by atoms with Crippen LogP contribution in [0, 0.1) is 0 Å². The van der Waals surface area contributed by atoms with Gasteiger partial charge in [-0.1, -0.05) is 5.57 Å². The molecule has 0 radical (unpaired) electrons. The van der Waals surface area contributed by atoms with Gasteiger partial charge in [0.1, 0.15) is 5.76 Å². The molecule has 0 aliphatic carbocycles. The molecule has 0 bridgehead atoms. The molecule has 1 N–H and O–H groups in total. The van der Waals surface area contributed by atoms with Crippen molar-refractivity contribution in [1.82, 2.24) is 0 Å². The minimum absolute atomic E-state index is 0.00509. The van der Waals surface area contributed by atoms with Crippen LogP contribution in [-0.2, 0) is 5.75 Å². The number of allylic oxidation sites excluding steroid dienone is 1. The van der Waals surface area contributed by atoms with Crippen molar-refractivity contribution in [3.8, 4) is 0 Å². The molecule has 0 unspecified atom stereocenters. The highest BCUT2D eigenvalue weighted by molar-refractivity contribution is 7.98. The summed E-state index contributed by atoms with van der Waals surface area (Å²) in [6.07, 6.45) is 0.983. The molecule has 1 aromatic heterocycles. The van der Waals surface area contributed by atoms with E-state index in [1.165, 1.54) is 6.07 Å². The lowest BCUT2D eigenvalue weighted by Gasteiger charge is -1.98. The number of aromatic carboxylic acids is 1. The van der Waals surface area contributed by atoms with E-state index in [1.807, 2.05) is 6.92 Å². The number of carbonyl (C=O) groups is 1.